The zero-order valence-corrected chi connectivity index (χ0v) is 7.35. The number of carbonyl (C=O) groups is 1. The summed E-state index contributed by atoms with van der Waals surface area (Å²) in [5.41, 5.74) is 7.52. The lowest BCUT2D eigenvalue weighted by Gasteiger charge is -2.22. The Morgan fingerprint density at radius 1 is 1.55 bits per heavy atom. The van der Waals surface area contributed by atoms with Crippen LogP contribution < -0.4 is 17.0 Å². The minimum absolute atomic E-state index is 0.0616. The van der Waals surface area contributed by atoms with Crippen LogP contribution in [0.15, 0.2) is 0 Å². The number of hydrogen-bond donors (Lipinski definition) is 3. The Hall–Kier alpha value is -0.610. The Morgan fingerprint density at radius 2 is 2.00 bits per heavy atom. The van der Waals surface area contributed by atoms with Gasteiger partial charge in [0.2, 0.25) is 5.91 Å². The van der Waals surface area contributed by atoms with Crippen molar-refractivity contribution in [3.05, 3.63) is 0 Å². The number of nitrogens with two attached hydrogens (primary N) is 2. The molecule has 0 aliphatic rings. The summed E-state index contributed by atoms with van der Waals surface area (Å²) in [5.74, 6) is 4.73. The molecule has 0 aliphatic heterocycles. The summed E-state index contributed by atoms with van der Waals surface area (Å²) in [6, 6.07) is -0.421. The third-order valence-corrected chi connectivity index (χ3v) is 1.36. The summed E-state index contributed by atoms with van der Waals surface area (Å²) in [6.45, 7) is 6.08. The van der Waals surface area contributed by atoms with E-state index >= 15 is 0 Å². The Morgan fingerprint density at radius 3 is 2.09 bits per heavy atom. The zero-order valence-electron chi connectivity index (χ0n) is 7.35. The minimum atomic E-state index is -0.421. The van der Waals surface area contributed by atoms with Crippen LogP contribution >= 0.6 is 0 Å². The van der Waals surface area contributed by atoms with E-state index in [0.717, 1.165) is 0 Å². The Balaban J connectivity index is 3.99. The molecule has 0 saturated carbocycles. The summed E-state index contributed by atoms with van der Waals surface area (Å²) in [7, 11) is 0. The highest BCUT2D eigenvalue weighted by molar-refractivity contribution is 5.79. The average molecular weight is 159 g/mol. The van der Waals surface area contributed by atoms with Crippen LogP contribution in [-0.2, 0) is 4.79 Å². The summed E-state index contributed by atoms with van der Waals surface area (Å²) < 4.78 is 0. The number of carbonyl (C=O) groups excluding carboxylic acids is 1. The van der Waals surface area contributed by atoms with Crippen molar-refractivity contribution in [1.29, 1.82) is 0 Å². The third-order valence-electron chi connectivity index (χ3n) is 1.36. The molecular weight excluding hydrogens is 142 g/mol. The van der Waals surface area contributed by atoms with Crippen LogP contribution in [0.25, 0.3) is 0 Å². The molecule has 0 fully saturated rings. The summed E-state index contributed by atoms with van der Waals surface area (Å²) >= 11 is 0. The van der Waals surface area contributed by atoms with Crippen molar-refractivity contribution < 1.29 is 4.79 Å². The van der Waals surface area contributed by atoms with Gasteiger partial charge in [-0.1, -0.05) is 20.8 Å². The molecule has 11 heavy (non-hydrogen) atoms. The zero-order chi connectivity index (χ0) is 9.07. The molecule has 0 rings (SSSR count). The van der Waals surface area contributed by atoms with E-state index in [9.17, 15) is 4.79 Å². The number of rotatable bonds is 3. The molecule has 0 radical (unpaired) electrons. The summed E-state index contributed by atoms with van der Waals surface area (Å²) in [5, 5.41) is 0. The van der Waals surface area contributed by atoms with Crippen molar-refractivity contribution in [2.24, 2.45) is 17.0 Å². The van der Waals surface area contributed by atoms with Crippen LogP contribution in [0.5, 0.6) is 0 Å². The quantitative estimate of drug-likeness (QED) is 0.392. The fourth-order valence-corrected chi connectivity index (χ4v) is 0.854. The SMILES string of the molecule is CC(C)(C)CC(NN)C(N)=O. The van der Waals surface area contributed by atoms with Crippen molar-refractivity contribution >= 4 is 5.91 Å². The first-order valence-electron chi connectivity index (χ1n) is 3.62. The van der Waals surface area contributed by atoms with Gasteiger partial charge in [-0.25, -0.2) is 5.43 Å². The number of hydrazine groups is 1. The Bertz CT molecular complexity index is 139. The highest BCUT2D eigenvalue weighted by atomic mass is 16.1. The van der Waals surface area contributed by atoms with Gasteiger partial charge in [0.15, 0.2) is 0 Å². The first-order chi connectivity index (χ1) is 4.87. The van der Waals surface area contributed by atoms with Gasteiger partial charge < -0.3 is 5.73 Å². The molecule has 4 heteroatoms. The van der Waals surface area contributed by atoms with Gasteiger partial charge in [0.1, 0.15) is 0 Å². The normalized spacial score (nSPS) is 14.5. The van der Waals surface area contributed by atoms with Gasteiger partial charge in [0.25, 0.3) is 0 Å². The van der Waals surface area contributed by atoms with E-state index in [1.807, 2.05) is 20.8 Å². The Kier molecular flexibility index (Phi) is 3.48. The average Bonchev–Trinajstić information content (AvgIpc) is 1.80. The van der Waals surface area contributed by atoms with Crippen LogP contribution in [0.1, 0.15) is 27.2 Å². The molecule has 0 heterocycles. The van der Waals surface area contributed by atoms with Crippen LogP contribution in [0.2, 0.25) is 0 Å². The highest BCUT2D eigenvalue weighted by Crippen LogP contribution is 2.20. The molecule has 0 aromatic rings. The fourth-order valence-electron chi connectivity index (χ4n) is 0.854. The Labute approximate surface area is 67.3 Å². The van der Waals surface area contributed by atoms with Crippen molar-refractivity contribution in [2.45, 2.75) is 33.2 Å². The predicted octanol–water partition coefficient (Wildman–Crippen LogP) is -0.260. The fraction of sp³-hybridized carbons (Fsp3) is 0.857. The van der Waals surface area contributed by atoms with E-state index in [1.165, 1.54) is 0 Å². The van der Waals surface area contributed by atoms with Gasteiger partial charge in [-0.15, -0.1) is 0 Å². The standard InChI is InChI=1S/C7H17N3O/c1-7(2,3)4-5(10-9)6(8)11/h5,10H,4,9H2,1-3H3,(H2,8,11). The van der Waals surface area contributed by atoms with Gasteiger partial charge in [-0.05, 0) is 11.8 Å². The van der Waals surface area contributed by atoms with Crippen LogP contribution in [0.4, 0.5) is 0 Å². The molecule has 66 valence electrons. The molecule has 1 atom stereocenters. The van der Waals surface area contributed by atoms with Gasteiger partial charge in [-0.3, -0.25) is 10.6 Å². The lowest BCUT2D eigenvalue weighted by molar-refractivity contribution is -0.120. The van der Waals surface area contributed by atoms with E-state index in [-0.39, 0.29) is 5.41 Å². The van der Waals surface area contributed by atoms with Crippen LogP contribution in [0.3, 0.4) is 0 Å². The van der Waals surface area contributed by atoms with Crippen molar-refractivity contribution in [2.75, 3.05) is 0 Å². The maximum atomic E-state index is 10.7. The number of amides is 1. The molecule has 5 N–H and O–H groups in total. The summed E-state index contributed by atoms with van der Waals surface area (Å²) in [4.78, 5) is 10.7. The van der Waals surface area contributed by atoms with Gasteiger partial charge in [0.05, 0.1) is 6.04 Å². The molecule has 4 nitrogen and oxygen atoms in total. The molecule has 1 amide bonds. The van der Waals surface area contributed by atoms with Crippen molar-refractivity contribution in [3.63, 3.8) is 0 Å². The van der Waals surface area contributed by atoms with Gasteiger partial charge >= 0.3 is 0 Å². The van der Waals surface area contributed by atoms with Crippen molar-refractivity contribution in [3.8, 4) is 0 Å². The smallest absolute Gasteiger partial charge is 0.235 e. The minimum Gasteiger partial charge on any atom is -0.368 e. The van der Waals surface area contributed by atoms with E-state index in [0.29, 0.717) is 6.42 Å². The predicted molar refractivity (Wildman–Crippen MR) is 44.4 cm³/mol. The molecule has 0 aliphatic carbocycles. The van der Waals surface area contributed by atoms with E-state index in [4.69, 9.17) is 11.6 Å². The first-order valence-corrected chi connectivity index (χ1v) is 3.62. The monoisotopic (exact) mass is 159 g/mol. The largest absolute Gasteiger partial charge is 0.368 e. The van der Waals surface area contributed by atoms with Gasteiger partial charge in [-0.2, -0.15) is 0 Å². The van der Waals surface area contributed by atoms with Crippen LogP contribution in [-0.4, -0.2) is 11.9 Å². The topological polar surface area (TPSA) is 81.1 Å². The molecule has 0 aromatic heterocycles. The van der Waals surface area contributed by atoms with E-state index in [1.54, 1.807) is 0 Å². The molecule has 0 aromatic carbocycles. The third kappa shape index (κ3) is 4.75. The van der Waals surface area contributed by atoms with Crippen LogP contribution in [0, 0.1) is 5.41 Å². The van der Waals surface area contributed by atoms with Crippen molar-refractivity contribution in [1.82, 2.24) is 5.43 Å². The molecule has 0 saturated heterocycles. The second kappa shape index (κ2) is 3.69. The summed E-state index contributed by atoms with van der Waals surface area (Å²) in [6.07, 6.45) is 0.652. The van der Waals surface area contributed by atoms with E-state index in [2.05, 4.69) is 5.43 Å². The molecular formula is C7H17N3O. The maximum absolute atomic E-state index is 10.7. The maximum Gasteiger partial charge on any atom is 0.235 e. The highest BCUT2D eigenvalue weighted by Gasteiger charge is 2.21. The number of hydrogen-bond acceptors (Lipinski definition) is 3. The lowest BCUT2D eigenvalue weighted by atomic mass is 9.88. The molecule has 1 unspecified atom stereocenters. The first kappa shape index (κ1) is 10.4. The number of nitrogens with one attached hydrogen (secondary N) is 1. The second-order valence-corrected chi connectivity index (χ2v) is 3.89. The second-order valence-electron chi connectivity index (χ2n) is 3.89. The van der Waals surface area contributed by atoms with E-state index < -0.39 is 11.9 Å². The lowest BCUT2D eigenvalue weighted by Crippen LogP contribution is -2.46. The van der Waals surface area contributed by atoms with Gasteiger partial charge in [0, 0.05) is 0 Å². The number of primary amides is 1. The molecule has 0 spiro atoms. The molecule has 0 bridgehead atoms.